The number of ether oxygens (including phenoxy) is 2. The molecule has 1 aliphatic heterocycles. The molecule has 0 aromatic rings. The Balaban J connectivity index is 1.44. The number of hydrogen-bond acceptors (Lipinski definition) is 4. The molecule has 1 aliphatic carbocycles. The van der Waals surface area contributed by atoms with Crippen LogP contribution in [-0.2, 0) is 9.47 Å². The van der Waals surface area contributed by atoms with Crippen molar-refractivity contribution >= 4 is 5.96 Å². The molecule has 6 heteroatoms. The second kappa shape index (κ2) is 10.8. The zero-order chi connectivity index (χ0) is 16.3. The van der Waals surface area contributed by atoms with Crippen LogP contribution in [0.1, 0.15) is 32.6 Å². The molecule has 1 unspecified atom stereocenters. The molecule has 0 aromatic carbocycles. The van der Waals surface area contributed by atoms with Crippen molar-refractivity contribution in [3.63, 3.8) is 0 Å². The average Bonchev–Trinajstić information content (AvgIpc) is 3.28. The molecule has 1 saturated heterocycles. The summed E-state index contributed by atoms with van der Waals surface area (Å²) in [5.41, 5.74) is 0. The molecule has 2 aliphatic rings. The van der Waals surface area contributed by atoms with Gasteiger partial charge < -0.3 is 20.1 Å². The van der Waals surface area contributed by atoms with Crippen LogP contribution in [0.2, 0.25) is 0 Å². The molecule has 2 rings (SSSR count). The van der Waals surface area contributed by atoms with Gasteiger partial charge in [-0.25, -0.2) is 0 Å². The van der Waals surface area contributed by atoms with Crippen LogP contribution in [0.25, 0.3) is 0 Å². The van der Waals surface area contributed by atoms with Crippen molar-refractivity contribution < 1.29 is 9.47 Å². The van der Waals surface area contributed by atoms with Crippen molar-refractivity contribution in [3.8, 4) is 0 Å². The Kier molecular flexibility index (Phi) is 8.71. The monoisotopic (exact) mass is 326 g/mol. The van der Waals surface area contributed by atoms with Crippen LogP contribution >= 0.6 is 0 Å². The fourth-order valence-electron chi connectivity index (χ4n) is 2.92. The third kappa shape index (κ3) is 7.50. The van der Waals surface area contributed by atoms with Crippen molar-refractivity contribution in [1.29, 1.82) is 0 Å². The van der Waals surface area contributed by atoms with Gasteiger partial charge in [0.1, 0.15) is 0 Å². The van der Waals surface area contributed by atoms with Crippen LogP contribution < -0.4 is 10.6 Å². The van der Waals surface area contributed by atoms with E-state index in [-0.39, 0.29) is 0 Å². The Bertz CT molecular complexity index is 341. The summed E-state index contributed by atoms with van der Waals surface area (Å²) >= 11 is 0. The number of nitrogens with one attached hydrogen (secondary N) is 2. The maximum Gasteiger partial charge on any atom is 0.191 e. The molecule has 1 atom stereocenters. The molecule has 23 heavy (non-hydrogen) atoms. The summed E-state index contributed by atoms with van der Waals surface area (Å²) in [6.07, 6.45) is 4.88. The van der Waals surface area contributed by atoms with E-state index in [4.69, 9.17) is 9.47 Å². The van der Waals surface area contributed by atoms with Crippen LogP contribution in [0, 0.1) is 5.92 Å². The number of hydrogen-bond donors (Lipinski definition) is 2. The molecule has 0 bridgehead atoms. The highest BCUT2D eigenvalue weighted by Crippen LogP contribution is 2.25. The topological polar surface area (TPSA) is 58.1 Å². The lowest BCUT2D eigenvalue weighted by atomic mass is 10.1. The Morgan fingerprint density at radius 3 is 2.74 bits per heavy atom. The summed E-state index contributed by atoms with van der Waals surface area (Å²) < 4.78 is 11.0. The van der Waals surface area contributed by atoms with Crippen molar-refractivity contribution in [3.05, 3.63) is 0 Å². The highest BCUT2D eigenvalue weighted by molar-refractivity contribution is 5.79. The highest BCUT2D eigenvalue weighted by atomic mass is 16.5. The fraction of sp³-hybridized carbons (Fsp3) is 0.941. The first kappa shape index (κ1) is 18.5. The number of nitrogens with zero attached hydrogens (tertiary/aromatic N) is 2. The van der Waals surface area contributed by atoms with Gasteiger partial charge in [-0.15, -0.1) is 0 Å². The van der Waals surface area contributed by atoms with E-state index < -0.39 is 0 Å². The zero-order valence-electron chi connectivity index (χ0n) is 14.9. The van der Waals surface area contributed by atoms with Crippen molar-refractivity contribution in [2.75, 3.05) is 59.7 Å². The van der Waals surface area contributed by atoms with E-state index in [0.29, 0.717) is 5.92 Å². The normalized spacial score (nSPS) is 21.9. The Labute approximate surface area is 141 Å². The minimum absolute atomic E-state index is 0.602. The van der Waals surface area contributed by atoms with E-state index in [1.54, 1.807) is 0 Å². The van der Waals surface area contributed by atoms with E-state index in [9.17, 15) is 0 Å². The first-order chi connectivity index (χ1) is 11.3. The van der Waals surface area contributed by atoms with Crippen molar-refractivity contribution in [2.45, 2.75) is 38.6 Å². The summed E-state index contributed by atoms with van der Waals surface area (Å²) in [6, 6.07) is 0.833. The summed E-state index contributed by atoms with van der Waals surface area (Å²) in [5.74, 6) is 1.49. The molecular formula is C17H34N4O2. The molecule has 1 saturated carbocycles. The molecule has 0 aromatic heterocycles. The lowest BCUT2D eigenvalue weighted by Gasteiger charge is -2.20. The van der Waals surface area contributed by atoms with Gasteiger partial charge in [0.25, 0.3) is 0 Å². The van der Waals surface area contributed by atoms with Gasteiger partial charge in [0.2, 0.25) is 0 Å². The van der Waals surface area contributed by atoms with Crippen LogP contribution in [-0.4, -0.2) is 76.6 Å². The lowest BCUT2D eigenvalue weighted by molar-refractivity contribution is 0.0888. The Morgan fingerprint density at radius 2 is 2.09 bits per heavy atom. The molecule has 2 N–H and O–H groups in total. The van der Waals surface area contributed by atoms with Gasteiger partial charge in [0.15, 0.2) is 5.96 Å². The van der Waals surface area contributed by atoms with E-state index in [0.717, 1.165) is 77.4 Å². The van der Waals surface area contributed by atoms with Crippen molar-refractivity contribution in [1.82, 2.24) is 15.5 Å². The maximum absolute atomic E-state index is 5.71. The number of aliphatic imine (C=N–C) groups is 1. The van der Waals surface area contributed by atoms with Gasteiger partial charge in [0.05, 0.1) is 13.2 Å². The Morgan fingerprint density at radius 1 is 1.26 bits per heavy atom. The minimum atomic E-state index is 0.602. The maximum atomic E-state index is 5.71. The van der Waals surface area contributed by atoms with E-state index in [1.807, 2.05) is 7.05 Å². The van der Waals surface area contributed by atoms with Crippen LogP contribution in [0.5, 0.6) is 0 Å². The number of rotatable bonds is 11. The molecule has 134 valence electrons. The van der Waals surface area contributed by atoms with Crippen LogP contribution in [0.15, 0.2) is 4.99 Å². The van der Waals surface area contributed by atoms with Gasteiger partial charge in [-0.2, -0.15) is 0 Å². The van der Waals surface area contributed by atoms with Gasteiger partial charge in [-0.1, -0.05) is 6.92 Å². The molecule has 6 nitrogen and oxygen atoms in total. The molecule has 0 spiro atoms. The predicted octanol–water partition coefficient (Wildman–Crippen LogP) is 1.08. The second-order valence-electron chi connectivity index (χ2n) is 6.44. The summed E-state index contributed by atoms with van der Waals surface area (Å²) in [6.45, 7) is 9.70. The van der Waals surface area contributed by atoms with Gasteiger partial charge in [-0.05, 0) is 32.2 Å². The summed E-state index contributed by atoms with van der Waals surface area (Å²) in [5, 5.41) is 6.74. The van der Waals surface area contributed by atoms with Gasteiger partial charge >= 0.3 is 0 Å². The smallest absolute Gasteiger partial charge is 0.191 e. The molecule has 0 amide bonds. The molecule has 1 heterocycles. The molecule has 2 fully saturated rings. The SMILES string of the molecule is CCN(CCNC(=NC)NCCCOCC1CCOC1)C1CC1. The summed E-state index contributed by atoms with van der Waals surface area (Å²) in [4.78, 5) is 6.81. The first-order valence-corrected chi connectivity index (χ1v) is 9.17. The first-order valence-electron chi connectivity index (χ1n) is 9.17. The largest absolute Gasteiger partial charge is 0.381 e. The van der Waals surface area contributed by atoms with Gasteiger partial charge in [0, 0.05) is 51.9 Å². The third-order valence-corrected chi connectivity index (χ3v) is 4.52. The highest BCUT2D eigenvalue weighted by Gasteiger charge is 2.27. The van der Waals surface area contributed by atoms with Gasteiger partial charge in [-0.3, -0.25) is 9.89 Å². The Hall–Kier alpha value is -0.850. The second-order valence-corrected chi connectivity index (χ2v) is 6.44. The number of guanidine groups is 1. The van der Waals surface area contributed by atoms with E-state index in [2.05, 4.69) is 27.4 Å². The fourth-order valence-corrected chi connectivity index (χ4v) is 2.92. The van der Waals surface area contributed by atoms with Crippen LogP contribution in [0.3, 0.4) is 0 Å². The average molecular weight is 326 g/mol. The van der Waals surface area contributed by atoms with E-state index in [1.165, 1.54) is 12.8 Å². The van der Waals surface area contributed by atoms with E-state index >= 15 is 0 Å². The van der Waals surface area contributed by atoms with Crippen molar-refractivity contribution in [2.24, 2.45) is 10.9 Å². The minimum Gasteiger partial charge on any atom is -0.381 e. The zero-order valence-corrected chi connectivity index (χ0v) is 14.9. The number of likely N-dealkylation sites (N-methyl/N-ethyl adjacent to an activating group) is 1. The standard InChI is InChI=1S/C17H34N4O2/c1-3-21(16-5-6-16)10-9-20-17(18-2)19-8-4-11-22-13-15-7-12-23-14-15/h15-16H,3-14H2,1-2H3,(H2,18,19,20). The summed E-state index contributed by atoms with van der Waals surface area (Å²) in [7, 11) is 1.82. The molecular weight excluding hydrogens is 292 g/mol. The predicted molar refractivity (Wildman–Crippen MR) is 94.0 cm³/mol. The quantitative estimate of drug-likeness (QED) is 0.338. The lowest BCUT2D eigenvalue weighted by Crippen LogP contribution is -2.42. The van der Waals surface area contributed by atoms with Crippen LogP contribution in [0.4, 0.5) is 0 Å². The molecule has 0 radical (unpaired) electrons. The third-order valence-electron chi connectivity index (χ3n) is 4.52.